The molecule has 0 fully saturated rings. The Morgan fingerprint density at radius 3 is 2.58 bits per heavy atom. The van der Waals surface area contributed by atoms with E-state index in [9.17, 15) is 4.79 Å². The van der Waals surface area contributed by atoms with E-state index in [0.717, 1.165) is 17.1 Å². The molecule has 128 valence electrons. The number of amides is 1. The monoisotopic (exact) mass is 364 g/mol. The smallest absolute Gasteiger partial charge is 0.257 e. The number of aryl methyl sites for hydroxylation is 1. The molecular weight excluding hydrogens is 352 g/mol. The Labute approximate surface area is 153 Å². The van der Waals surface area contributed by atoms with Crippen molar-refractivity contribution < 1.29 is 4.79 Å². The summed E-state index contributed by atoms with van der Waals surface area (Å²) in [5.74, 6) is 0.476. The number of nitrogens with one attached hydrogen (secondary N) is 1. The van der Waals surface area contributed by atoms with Gasteiger partial charge in [0.25, 0.3) is 5.91 Å². The molecule has 0 radical (unpaired) electrons. The second-order valence-electron chi connectivity index (χ2n) is 5.64. The van der Waals surface area contributed by atoms with Crippen molar-refractivity contribution in [3.8, 4) is 11.3 Å². The molecule has 3 heterocycles. The number of aromatic nitrogens is 5. The van der Waals surface area contributed by atoms with Crippen molar-refractivity contribution in [2.24, 2.45) is 0 Å². The fourth-order valence-corrected chi connectivity index (χ4v) is 2.60. The van der Waals surface area contributed by atoms with E-state index in [-0.39, 0.29) is 5.91 Å². The summed E-state index contributed by atoms with van der Waals surface area (Å²) < 4.78 is 1.69. The summed E-state index contributed by atoms with van der Waals surface area (Å²) in [6, 6.07) is 14.4. The van der Waals surface area contributed by atoms with Crippen molar-refractivity contribution >= 4 is 28.8 Å². The maximum absolute atomic E-state index is 12.2. The van der Waals surface area contributed by atoms with E-state index in [0.29, 0.717) is 22.1 Å². The fourth-order valence-electron chi connectivity index (χ4n) is 2.49. The van der Waals surface area contributed by atoms with Gasteiger partial charge >= 0.3 is 0 Å². The highest BCUT2D eigenvalue weighted by atomic mass is 35.5. The zero-order valence-electron chi connectivity index (χ0n) is 13.7. The third-order valence-corrected chi connectivity index (χ3v) is 4.07. The lowest BCUT2D eigenvalue weighted by atomic mass is 10.1. The lowest BCUT2D eigenvalue weighted by Gasteiger charge is -2.07. The van der Waals surface area contributed by atoms with E-state index in [2.05, 4.69) is 25.6 Å². The number of rotatable bonds is 3. The molecule has 4 rings (SSSR count). The quantitative estimate of drug-likeness (QED) is 0.563. The summed E-state index contributed by atoms with van der Waals surface area (Å²) in [6.45, 7) is 1.85. The zero-order valence-corrected chi connectivity index (χ0v) is 14.5. The zero-order chi connectivity index (χ0) is 18.1. The highest BCUT2D eigenvalue weighted by Gasteiger charge is 2.08. The first-order chi connectivity index (χ1) is 12.6. The molecule has 1 aromatic carbocycles. The van der Waals surface area contributed by atoms with Crippen LogP contribution < -0.4 is 5.32 Å². The number of carbonyl (C=O) groups excluding carboxylic acids is 1. The molecule has 0 saturated carbocycles. The lowest BCUT2D eigenvalue weighted by Crippen LogP contribution is -2.11. The van der Waals surface area contributed by atoms with Crippen LogP contribution in [-0.4, -0.2) is 30.7 Å². The third-order valence-electron chi connectivity index (χ3n) is 3.85. The maximum Gasteiger partial charge on any atom is 0.257 e. The molecule has 7 nitrogen and oxygen atoms in total. The Balaban J connectivity index is 1.55. The molecule has 1 amide bonds. The predicted molar refractivity (Wildman–Crippen MR) is 98.2 cm³/mol. The Morgan fingerprint density at radius 1 is 1.04 bits per heavy atom. The molecular formula is C18H13ClN6O. The number of carbonyl (C=O) groups is 1. The molecule has 0 aliphatic rings. The van der Waals surface area contributed by atoms with E-state index >= 15 is 0 Å². The van der Waals surface area contributed by atoms with Gasteiger partial charge in [-0.1, -0.05) is 23.7 Å². The van der Waals surface area contributed by atoms with Gasteiger partial charge in [-0.2, -0.15) is 9.61 Å². The van der Waals surface area contributed by atoms with Crippen LogP contribution in [0.1, 0.15) is 16.2 Å². The standard InChI is InChI=1S/C18H13ClN6O/c1-11-22-23-17-9-7-15(24-25(11)17)12-2-5-14(6-3-12)21-18(26)13-4-8-16(19)20-10-13/h2-10H,1H3,(H,21,26). The van der Waals surface area contributed by atoms with Crippen LogP contribution in [0.15, 0.2) is 54.7 Å². The van der Waals surface area contributed by atoms with Gasteiger partial charge in [0, 0.05) is 17.4 Å². The van der Waals surface area contributed by atoms with Crippen LogP contribution in [0.3, 0.4) is 0 Å². The Morgan fingerprint density at radius 2 is 1.85 bits per heavy atom. The second kappa shape index (κ2) is 6.53. The van der Waals surface area contributed by atoms with E-state index in [1.807, 2.05) is 43.3 Å². The minimum Gasteiger partial charge on any atom is -0.322 e. The van der Waals surface area contributed by atoms with Gasteiger partial charge in [-0.05, 0) is 43.3 Å². The van der Waals surface area contributed by atoms with Crippen LogP contribution in [0.5, 0.6) is 0 Å². The van der Waals surface area contributed by atoms with Gasteiger partial charge in [0.15, 0.2) is 11.5 Å². The first-order valence-electron chi connectivity index (χ1n) is 7.82. The first kappa shape index (κ1) is 16.2. The van der Waals surface area contributed by atoms with Crippen LogP contribution in [0.2, 0.25) is 5.15 Å². The Kier molecular flexibility index (Phi) is 4.06. The van der Waals surface area contributed by atoms with Gasteiger partial charge in [0.2, 0.25) is 0 Å². The minimum atomic E-state index is -0.249. The molecule has 0 saturated heterocycles. The number of fused-ring (bicyclic) bond motifs is 1. The van der Waals surface area contributed by atoms with Gasteiger partial charge in [-0.3, -0.25) is 4.79 Å². The number of nitrogens with zero attached hydrogens (tertiary/aromatic N) is 5. The average Bonchev–Trinajstić information content (AvgIpc) is 3.03. The lowest BCUT2D eigenvalue weighted by molar-refractivity contribution is 0.102. The van der Waals surface area contributed by atoms with Gasteiger partial charge < -0.3 is 5.32 Å². The number of halogens is 1. The Hall–Kier alpha value is -3.32. The second-order valence-corrected chi connectivity index (χ2v) is 6.02. The number of hydrogen-bond donors (Lipinski definition) is 1. The molecule has 4 aromatic rings. The molecule has 0 unspecified atom stereocenters. The van der Waals surface area contributed by atoms with Gasteiger partial charge in [0.05, 0.1) is 11.3 Å². The normalized spacial score (nSPS) is 10.8. The SMILES string of the molecule is Cc1nnc2ccc(-c3ccc(NC(=O)c4ccc(Cl)nc4)cc3)nn12. The molecule has 0 atom stereocenters. The topological polar surface area (TPSA) is 85.1 Å². The van der Waals surface area contributed by atoms with Crippen molar-refractivity contribution in [1.82, 2.24) is 24.8 Å². The van der Waals surface area contributed by atoms with Crippen LogP contribution in [0, 0.1) is 6.92 Å². The number of benzene rings is 1. The summed E-state index contributed by atoms with van der Waals surface area (Å²) in [6.07, 6.45) is 1.44. The van der Waals surface area contributed by atoms with Crippen molar-refractivity contribution in [1.29, 1.82) is 0 Å². The molecule has 1 N–H and O–H groups in total. The van der Waals surface area contributed by atoms with E-state index in [1.54, 1.807) is 16.6 Å². The molecule has 26 heavy (non-hydrogen) atoms. The Bertz CT molecular complexity index is 1090. The summed E-state index contributed by atoms with van der Waals surface area (Å²) in [4.78, 5) is 16.1. The van der Waals surface area contributed by atoms with Gasteiger partial charge in [-0.15, -0.1) is 10.2 Å². The van der Waals surface area contributed by atoms with Crippen LogP contribution in [-0.2, 0) is 0 Å². The summed E-state index contributed by atoms with van der Waals surface area (Å²) in [5.41, 5.74) is 3.53. The summed E-state index contributed by atoms with van der Waals surface area (Å²) >= 11 is 5.73. The maximum atomic E-state index is 12.2. The van der Waals surface area contributed by atoms with Crippen LogP contribution >= 0.6 is 11.6 Å². The minimum absolute atomic E-state index is 0.249. The van der Waals surface area contributed by atoms with Crippen molar-refractivity contribution in [3.63, 3.8) is 0 Å². The van der Waals surface area contributed by atoms with Gasteiger partial charge in [0.1, 0.15) is 5.15 Å². The highest BCUT2D eigenvalue weighted by Crippen LogP contribution is 2.20. The van der Waals surface area contributed by atoms with Crippen LogP contribution in [0.25, 0.3) is 16.9 Å². The molecule has 3 aromatic heterocycles. The van der Waals surface area contributed by atoms with Crippen molar-refractivity contribution in [2.45, 2.75) is 6.92 Å². The summed E-state index contributed by atoms with van der Waals surface area (Å²) in [5, 5.41) is 15.7. The third kappa shape index (κ3) is 3.12. The van der Waals surface area contributed by atoms with Crippen molar-refractivity contribution in [2.75, 3.05) is 5.32 Å². The summed E-state index contributed by atoms with van der Waals surface area (Å²) in [7, 11) is 0. The number of anilines is 1. The van der Waals surface area contributed by atoms with E-state index in [4.69, 9.17) is 11.6 Å². The molecule has 0 aliphatic heterocycles. The molecule has 0 bridgehead atoms. The van der Waals surface area contributed by atoms with E-state index < -0.39 is 0 Å². The molecule has 0 spiro atoms. The average molecular weight is 365 g/mol. The highest BCUT2D eigenvalue weighted by molar-refractivity contribution is 6.29. The van der Waals surface area contributed by atoms with Gasteiger partial charge in [-0.25, -0.2) is 4.98 Å². The number of pyridine rings is 1. The molecule has 8 heteroatoms. The predicted octanol–water partition coefficient (Wildman–Crippen LogP) is 3.40. The van der Waals surface area contributed by atoms with E-state index in [1.165, 1.54) is 6.20 Å². The van der Waals surface area contributed by atoms with Crippen molar-refractivity contribution in [3.05, 3.63) is 71.3 Å². The number of hydrogen-bond acceptors (Lipinski definition) is 5. The largest absolute Gasteiger partial charge is 0.322 e. The fraction of sp³-hybridized carbons (Fsp3) is 0.0556. The first-order valence-corrected chi connectivity index (χ1v) is 8.20. The van der Waals surface area contributed by atoms with Crippen LogP contribution in [0.4, 0.5) is 5.69 Å². The molecule has 0 aliphatic carbocycles.